The van der Waals surface area contributed by atoms with Gasteiger partial charge < -0.3 is 9.47 Å². The lowest BCUT2D eigenvalue weighted by Gasteiger charge is -2.41. The second-order valence-electron chi connectivity index (χ2n) is 14.9. The van der Waals surface area contributed by atoms with Crippen LogP contribution in [0.25, 0.3) is 49.7 Å². The van der Waals surface area contributed by atoms with Crippen LogP contribution in [0.2, 0.25) is 0 Å². The fourth-order valence-corrected chi connectivity index (χ4v) is 9.36. The molecule has 0 N–H and O–H groups in total. The molecule has 0 saturated carbocycles. The van der Waals surface area contributed by atoms with E-state index >= 15 is 0 Å². The molecule has 2 nitrogen and oxygen atoms in total. The van der Waals surface area contributed by atoms with Gasteiger partial charge in [0, 0.05) is 27.8 Å². The lowest BCUT2D eigenvalue weighted by atomic mass is 9.63. The molecular formula is C55H38N2. The Morgan fingerprint density at radius 1 is 0.333 bits per heavy atom. The Kier molecular flexibility index (Phi) is 7.75. The number of benzene rings is 9. The van der Waals surface area contributed by atoms with Gasteiger partial charge in [0.25, 0.3) is 0 Å². The van der Waals surface area contributed by atoms with Crippen LogP contribution in [0.15, 0.2) is 231 Å². The van der Waals surface area contributed by atoms with Gasteiger partial charge in [0.15, 0.2) is 0 Å². The van der Waals surface area contributed by atoms with Crippen molar-refractivity contribution in [3.05, 3.63) is 253 Å². The number of anilines is 3. The number of rotatable bonds is 7. The highest BCUT2D eigenvalue weighted by atomic mass is 15.1. The first-order chi connectivity index (χ1) is 28.3. The molecule has 0 saturated heterocycles. The molecule has 1 aliphatic rings. The summed E-state index contributed by atoms with van der Waals surface area (Å²) in [5.41, 5.74) is 16.4. The Morgan fingerprint density at radius 2 is 0.789 bits per heavy atom. The molecule has 11 rings (SSSR count). The van der Waals surface area contributed by atoms with Crippen LogP contribution in [0.4, 0.5) is 17.1 Å². The van der Waals surface area contributed by atoms with Gasteiger partial charge in [-0.05, 0) is 93.0 Å². The van der Waals surface area contributed by atoms with E-state index in [2.05, 4.69) is 240 Å². The molecule has 0 fully saturated rings. The van der Waals surface area contributed by atoms with Crippen molar-refractivity contribution in [3.8, 4) is 27.9 Å². The fourth-order valence-electron chi connectivity index (χ4n) is 9.36. The van der Waals surface area contributed by atoms with Crippen molar-refractivity contribution in [2.75, 3.05) is 4.90 Å². The molecule has 1 aromatic heterocycles. The van der Waals surface area contributed by atoms with Crippen molar-refractivity contribution in [2.24, 2.45) is 0 Å². The lowest BCUT2D eigenvalue weighted by Crippen LogP contribution is -2.35. The third-order valence-corrected chi connectivity index (χ3v) is 11.9. The summed E-state index contributed by atoms with van der Waals surface area (Å²) in [4.78, 5) is 2.39. The molecule has 0 spiro atoms. The molecular weight excluding hydrogens is 689 g/mol. The number of fused-ring (bicyclic) bond motifs is 5. The molecule has 268 valence electrons. The summed E-state index contributed by atoms with van der Waals surface area (Å²) in [5, 5.41) is 2.47. The lowest BCUT2D eigenvalue weighted by molar-refractivity contribution is 0.728. The summed E-state index contributed by atoms with van der Waals surface area (Å²) >= 11 is 0. The van der Waals surface area contributed by atoms with E-state index in [-0.39, 0.29) is 0 Å². The molecule has 1 aliphatic heterocycles. The van der Waals surface area contributed by atoms with Crippen LogP contribution in [-0.2, 0) is 5.41 Å². The van der Waals surface area contributed by atoms with Crippen LogP contribution < -0.4 is 4.90 Å². The number of para-hydroxylation sites is 2. The van der Waals surface area contributed by atoms with E-state index in [4.69, 9.17) is 0 Å². The molecule has 0 bridgehead atoms. The van der Waals surface area contributed by atoms with Crippen LogP contribution >= 0.6 is 0 Å². The monoisotopic (exact) mass is 726 g/mol. The zero-order valence-corrected chi connectivity index (χ0v) is 31.3. The Bertz CT molecular complexity index is 2900. The van der Waals surface area contributed by atoms with Gasteiger partial charge in [-0.15, -0.1) is 0 Å². The minimum atomic E-state index is -0.501. The van der Waals surface area contributed by atoms with Crippen molar-refractivity contribution >= 4 is 38.9 Å². The Labute approximate surface area is 333 Å². The number of hydrogen-bond acceptors (Lipinski definition) is 1. The highest BCUT2D eigenvalue weighted by Gasteiger charge is 2.45. The van der Waals surface area contributed by atoms with Gasteiger partial charge in [0.05, 0.1) is 22.1 Å². The summed E-state index contributed by atoms with van der Waals surface area (Å²) < 4.78 is 2.51. The van der Waals surface area contributed by atoms with Crippen molar-refractivity contribution in [3.63, 3.8) is 0 Å². The second-order valence-corrected chi connectivity index (χ2v) is 14.9. The quantitative estimate of drug-likeness (QED) is 0.159. The summed E-state index contributed by atoms with van der Waals surface area (Å²) in [6, 6.07) is 84.2. The van der Waals surface area contributed by atoms with E-state index in [1.54, 1.807) is 0 Å². The summed E-state index contributed by atoms with van der Waals surface area (Å²) in [5.74, 6) is 0. The Morgan fingerprint density at radius 3 is 1.35 bits per heavy atom. The molecule has 0 radical (unpaired) electrons. The molecule has 0 unspecified atom stereocenters. The highest BCUT2D eigenvalue weighted by molar-refractivity contribution is 6.13. The first-order valence-corrected chi connectivity index (χ1v) is 19.7. The van der Waals surface area contributed by atoms with E-state index in [0.717, 1.165) is 17.1 Å². The van der Waals surface area contributed by atoms with E-state index in [1.807, 2.05) is 0 Å². The predicted molar refractivity (Wildman–Crippen MR) is 238 cm³/mol. The highest BCUT2D eigenvalue weighted by Crippen LogP contribution is 2.54. The Balaban J connectivity index is 1.14. The third kappa shape index (κ3) is 5.18. The summed E-state index contributed by atoms with van der Waals surface area (Å²) in [6.45, 7) is 0. The zero-order valence-electron chi connectivity index (χ0n) is 31.3. The minimum absolute atomic E-state index is 0.501. The first-order valence-electron chi connectivity index (χ1n) is 19.7. The predicted octanol–water partition coefficient (Wildman–Crippen LogP) is 14.3. The van der Waals surface area contributed by atoms with Gasteiger partial charge in [-0.25, -0.2) is 0 Å². The first kappa shape index (κ1) is 33.0. The molecule has 0 atom stereocenters. The molecule has 9 aromatic carbocycles. The standard InChI is InChI=1S/C55H38N2/c1-5-16-39(17-6-1)41-28-32-45(33-29-41)56(46-34-30-42(31-35-46)40-18-7-2-8-19-40)47-36-37-52-49(38-47)48-24-15-26-51-54(48)57(52)53-27-14-13-25-50(53)55(51,43-20-9-3-10-21-43)44-22-11-4-12-23-44/h1-38H. The van der Waals surface area contributed by atoms with E-state index in [9.17, 15) is 0 Å². The van der Waals surface area contributed by atoms with Gasteiger partial charge in [-0.1, -0.05) is 182 Å². The van der Waals surface area contributed by atoms with Gasteiger partial charge in [0.2, 0.25) is 0 Å². The van der Waals surface area contributed by atoms with Crippen LogP contribution in [0.3, 0.4) is 0 Å². The number of aromatic nitrogens is 1. The van der Waals surface area contributed by atoms with Crippen LogP contribution in [0.5, 0.6) is 0 Å². The van der Waals surface area contributed by atoms with Gasteiger partial charge in [-0.2, -0.15) is 0 Å². The largest absolute Gasteiger partial charge is 0.310 e. The maximum absolute atomic E-state index is 2.51. The normalized spacial score (nSPS) is 12.7. The minimum Gasteiger partial charge on any atom is -0.310 e. The molecule has 2 heteroatoms. The summed E-state index contributed by atoms with van der Waals surface area (Å²) in [6.07, 6.45) is 0. The van der Waals surface area contributed by atoms with Gasteiger partial charge >= 0.3 is 0 Å². The molecule has 57 heavy (non-hydrogen) atoms. The number of hydrogen-bond donors (Lipinski definition) is 0. The number of nitrogens with zero attached hydrogens (tertiary/aromatic N) is 2. The average Bonchev–Trinajstić information content (AvgIpc) is 3.63. The van der Waals surface area contributed by atoms with E-state index in [0.29, 0.717) is 0 Å². The van der Waals surface area contributed by atoms with E-state index < -0.39 is 5.41 Å². The second kappa shape index (κ2) is 13.4. The third-order valence-electron chi connectivity index (χ3n) is 11.9. The van der Waals surface area contributed by atoms with E-state index in [1.165, 1.54) is 72.0 Å². The van der Waals surface area contributed by atoms with Crippen molar-refractivity contribution in [1.82, 2.24) is 4.57 Å². The molecule has 0 aliphatic carbocycles. The van der Waals surface area contributed by atoms with Crippen LogP contribution in [-0.4, -0.2) is 4.57 Å². The molecule has 10 aromatic rings. The smallest absolute Gasteiger partial charge is 0.0742 e. The Hall–Kier alpha value is -7.42. The van der Waals surface area contributed by atoms with Gasteiger partial charge in [-0.3, -0.25) is 0 Å². The van der Waals surface area contributed by atoms with Gasteiger partial charge in [0.1, 0.15) is 0 Å². The zero-order chi connectivity index (χ0) is 37.8. The average molecular weight is 727 g/mol. The maximum atomic E-state index is 2.51. The maximum Gasteiger partial charge on any atom is 0.0742 e. The van der Waals surface area contributed by atoms with Crippen LogP contribution in [0, 0.1) is 0 Å². The fraction of sp³-hybridized carbons (Fsp3) is 0.0182. The SMILES string of the molecule is c1ccc(-c2ccc(N(c3ccc(-c4ccccc4)cc3)c3ccc4c(c3)c3cccc5c3n4-c3ccccc3C5(c3ccccc3)c3ccccc3)cc2)cc1. The topological polar surface area (TPSA) is 8.17 Å². The van der Waals surface area contributed by atoms with Crippen molar-refractivity contribution < 1.29 is 0 Å². The molecule has 2 heterocycles. The van der Waals surface area contributed by atoms with Crippen molar-refractivity contribution in [2.45, 2.75) is 5.41 Å². The van der Waals surface area contributed by atoms with Crippen LogP contribution in [0.1, 0.15) is 22.3 Å². The molecule has 0 amide bonds. The summed E-state index contributed by atoms with van der Waals surface area (Å²) in [7, 11) is 0. The van der Waals surface area contributed by atoms with Crippen molar-refractivity contribution in [1.29, 1.82) is 0 Å².